The second-order valence-electron chi connectivity index (χ2n) is 10.9. The van der Waals surface area contributed by atoms with Gasteiger partial charge in [0.15, 0.2) is 11.5 Å². The van der Waals surface area contributed by atoms with Crippen molar-refractivity contribution in [3.63, 3.8) is 0 Å². The lowest BCUT2D eigenvalue weighted by molar-refractivity contribution is -0.137. The van der Waals surface area contributed by atoms with E-state index < -0.39 is 42.0 Å². The molecule has 3 aromatic carbocycles. The number of carbonyl (C=O) groups excluding carboxylic acids is 2. The summed E-state index contributed by atoms with van der Waals surface area (Å²) in [5.41, 5.74) is 0.425. The van der Waals surface area contributed by atoms with E-state index in [0.29, 0.717) is 55.6 Å². The first-order chi connectivity index (χ1) is 21.7. The van der Waals surface area contributed by atoms with Crippen LogP contribution in [-0.2, 0) is 15.7 Å². The monoisotopic (exact) mass is 626 g/mol. The van der Waals surface area contributed by atoms with E-state index in [1.807, 2.05) is 0 Å². The largest absolute Gasteiger partial charge is 0.454 e. The van der Waals surface area contributed by atoms with Crippen LogP contribution in [0.2, 0.25) is 0 Å². The Morgan fingerprint density at radius 3 is 2.42 bits per heavy atom. The van der Waals surface area contributed by atoms with E-state index in [1.165, 1.54) is 16.0 Å². The number of morpholine rings is 1. The molecule has 13 heteroatoms. The first kappa shape index (κ1) is 30.5. The number of halogens is 4. The van der Waals surface area contributed by atoms with E-state index in [4.69, 9.17) is 14.2 Å². The maximum Gasteiger partial charge on any atom is 0.416 e. The van der Waals surface area contributed by atoms with Crippen LogP contribution in [0.4, 0.5) is 17.6 Å². The standard InChI is InChI=1S/C32H30F4N4O5/c33-25-4-2-1-3-24(25)26-18-27(22-7-10-28-29(17-22)45-20-44-28)40(37-26)30(41)19-39(12-11-38-13-15-43-16-14-38)31(42)21-5-8-23(9-6-21)32(34,35)36/h1-10,17,27H,11-16,18-20H2. The molecule has 0 N–H and O–H groups in total. The number of hydrogen-bond donors (Lipinski definition) is 0. The number of hydrogen-bond acceptors (Lipinski definition) is 7. The Kier molecular flexibility index (Phi) is 8.72. The van der Waals surface area contributed by atoms with Gasteiger partial charge >= 0.3 is 6.18 Å². The van der Waals surface area contributed by atoms with Crippen molar-refractivity contribution in [3.8, 4) is 11.5 Å². The molecule has 3 aliphatic heterocycles. The molecule has 3 heterocycles. The molecule has 1 fully saturated rings. The third-order valence-corrected chi connectivity index (χ3v) is 7.99. The highest BCUT2D eigenvalue weighted by Gasteiger charge is 2.36. The Morgan fingerprint density at radius 1 is 0.956 bits per heavy atom. The van der Waals surface area contributed by atoms with Crippen LogP contribution in [0.1, 0.15) is 39.5 Å². The maximum atomic E-state index is 14.8. The molecule has 0 spiro atoms. The van der Waals surface area contributed by atoms with Crippen molar-refractivity contribution in [3.05, 3.63) is 94.8 Å². The lowest BCUT2D eigenvalue weighted by Gasteiger charge is -2.31. The summed E-state index contributed by atoms with van der Waals surface area (Å²) >= 11 is 0. The van der Waals surface area contributed by atoms with E-state index >= 15 is 0 Å². The minimum atomic E-state index is -4.55. The van der Waals surface area contributed by atoms with Gasteiger partial charge in [0.1, 0.15) is 12.4 Å². The van der Waals surface area contributed by atoms with E-state index in [9.17, 15) is 27.2 Å². The van der Waals surface area contributed by atoms with Crippen molar-refractivity contribution in [2.24, 2.45) is 5.10 Å². The number of fused-ring (bicyclic) bond motifs is 1. The van der Waals surface area contributed by atoms with Crippen LogP contribution >= 0.6 is 0 Å². The Hall–Kier alpha value is -4.49. The molecule has 0 bridgehead atoms. The highest BCUT2D eigenvalue weighted by Crippen LogP contribution is 2.39. The molecule has 3 aliphatic rings. The third-order valence-electron chi connectivity index (χ3n) is 7.99. The average molecular weight is 627 g/mol. The first-order valence-electron chi connectivity index (χ1n) is 14.5. The zero-order chi connectivity index (χ0) is 31.6. The van der Waals surface area contributed by atoms with Crippen LogP contribution in [0.15, 0.2) is 71.8 Å². The summed E-state index contributed by atoms with van der Waals surface area (Å²) in [6.07, 6.45) is -4.35. The fourth-order valence-corrected chi connectivity index (χ4v) is 5.54. The topological polar surface area (TPSA) is 83.9 Å². The fraction of sp³-hybridized carbons (Fsp3) is 0.344. The average Bonchev–Trinajstić information content (AvgIpc) is 3.70. The molecular formula is C32H30F4N4O5. The molecular weight excluding hydrogens is 596 g/mol. The van der Waals surface area contributed by atoms with E-state index in [1.54, 1.807) is 36.4 Å². The molecule has 45 heavy (non-hydrogen) atoms. The Balaban J connectivity index is 1.29. The van der Waals surface area contributed by atoms with Crippen LogP contribution in [0.5, 0.6) is 11.5 Å². The Morgan fingerprint density at radius 2 is 1.69 bits per heavy atom. The molecule has 1 saturated heterocycles. The lowest BCUT2D eigenvalue weighted by Crippen LogP contribution is -2.46. The SMILES string of the molecule is O=C(c1ccc(C(F)(F)F)cc1)N(CCN1CCOCC1)CC(=O)N1N=C(c2ccccc2F)CC1c1ccc2c(c1)OCO2. The van der Waals surface area contributed by atoms with Gasteiger partial charge in [0.2, 0.25) is 6.79 Å². The van der Waals surface area contributed by atoms with E-state index in [2.05, 4.69) is 10.0 Å². The van der Waals surface area contributed by atoms with Gasteiger partial charge in [-0.25, -0.2) is 9.40 Å². The fourth-order valence-electron chi connectivity index (χ4n) is 5.54. The van der Waals surface area contributed by atoms with Gasteiger partial charge in [0, 0.05) is 43.7 Å². The normalized spacial score (nSPS) is 18.2. The number of nitrogens with zero attached hydrogens (tertiary/aromatic N) is 4. The number of alkyl halides is 3. The van der Waals surface area contributed by atoms with Gasteiger partial charge in [-0.15, -0.1) is 0 Å². The molecule has 0 aliphatic carbocycles. The molecule has 0 radical (unpaired) electrons. The minimum Gasteiger partial charge on any atom is -0.454 e. The van der Waals surface area contributed by atoms with Crippen LogP contribution in [0.3, 0.4) is 0 Å². The van der Waals surface area contributed by atoms with Crippen molar-refractivity contribution in [1.82, 2.24) is 14.8 Å². The number of carbonyl (C=O) groups is 2. The molecule has 1 atom stereocenters. The number of ether oxygens (including phenoxy) is 3. The maximum absolute atomic E-state index is 14.8. The summed E-state index contributed by atoms with van der Waals surface area (Å²) < 4.78 is 70.7. The van der Waals surface area contributed by atoms with Crippen molar-refractivity contribution in [1.29, 1.82) is 0 Å². The Bertz CT molecular complexity index is 1590. The highest BCUT2D eigenvalue weighted by atomic mass is 19.4. The second kappa shape index (κ2) is 12.9. The smallest absolute Gasteiger partial charge is 0.416 e. The molecule has 0 saturated carbocycles. The van der Waals surface area contributed by atoms with Crippen molar-refractivity contribution in [2.75, 3.05) is 52.7 Å². The van der Waals surface area contributed by atoms with E-state index in [-0.39, 0.29) is 30.9 Å². The summed E-state index contributed by atoms with van der Waals surface area (Å²) in [5.74, 6) is -0.557. The summed E-state index contributed by atoms with van der Waals surface area (Å²) in [6, 6.07) is 14.7. The van der Waals surface area contributed by atoms with Crippen molar-refractivity contribution < 1.29 is 41.4 Å². The Labute approximate surface area is 256 Å². The predicted molar refractivity (Wildman–Crippen MR) is 154 cm³/mol. The summed E-state index contributed by atoms with van der Waals surface area (Å²) in [5, 5.41) is 5.79. The van der Waals surface area contributed by atoms with Crippen LogP contribution < -0.4 is 9.47 Å². The van der Waals surface area contributed by atoms with Gasteiger partial charge in [0.05, 0.1) is 30.5 Å². The molecule has 6 rings (SSSR count). The quantitative estimate of drug-likeness (QED) is 0.337. The van der Waals surface area contributed by atoms with E-state index in [0.717, 1.165) is 24.3 Å². The number of benzene rings is 3. The first-order valence-corrected chi connectivity index (χ1v) is 14.5. The molecule has 236 valence electrons. The minimum absolute atomic E-state index is 0.0158. The summed E-state index contributed by atoms with van der Waals surface area (Å²) in [6.45, 7) is 2.58. The summed E-state index contributed by atoms with van der Waals surface area (Å²) in [7, 11) is 0. The number of hydrazone groups is 1. The molecule has 2 amide bonds. The van der Waals surface area contributed by atoms with Gasteiger partial charge in [0.25, 0.3) is 11.8 Å². The highest BCUT2D eigenvalue weighted by molar-refractivity contribution is 6.04. The molecule has 9 nitrogen and oxygen atoms in total. The van der Waals surface area contributed by atoms with Gasteiger partial charge in [-0.3, -0.25) is 14.5 Å². The van der Waals surface area contributed by atoms with Gasteiger partial charge < -0.3 is 19.1 Å². The lowest BCUT2D eigenvalue weighted by atomic mass is 9.97. The van der Waals surface area contributed by atoms with Crippen LogP contribution in [-0.4, -0.2) is 85.1 Å². The van der Waals surface area contributed by atoms with Gasteiger partial charge in [-0.1, -0.05) is 24.3 Å². The number of rotatable bonds is 8. The van der Waals surface area contributed by atoms with Crippen LogP contribution in [0.25, 0.3) is 0 Å². The zero-order valence-electron chi connectivity index (χ0n) is 24.1. The second-order valence-corrected chi connectivity index (χ2v) is 10.9. The van der Waals surface area contributed by atoms with Crippen molar-refractivity contribution in [2.45, 2.75) is 18.6 Å². The molecule has 1 unspecified atom stereocenters. The molecule has 3 aromatic rings. The predicted octanol–water partition coefficient (Wildman–Crippen LogP) is 4.73. The third kappa shape index (κ3) is 6.79. The van der Waals surface area contributed by atoms with Crippen molar-refractivity contribution >= 4 is 17.5 Å². The zero-order valence-corrected chi connectivity index (χ0v) is 24.1. The molecule has 0 aromatic heterocycles. The van der Waals surface area contributed by atoms with Gasteiger partial charge in [-0.2, -0.15) is 18.3 Å². The van der Waals surface area contributed by atoms with Crippen LogP contribution in [0, 0.1) is 5.82 Å². The summed E-state index contributed by atoms with van der Waals surface area (Å²) in [4.78, 5) is 31.1. The number of amides is 2. The van der Waals surface area contributed by atoms with Gasteiger partial charge in [-0.05, 0) is 48.0 Å².